The highest BCUT2D eigenvalue weighted by molar-refractivity contribution is 7.89. The maximum atomic E-state index is 14.3. The fraction of sp³-hybridized carbons (Fsp3) is 0.118. The standard InChI is InChI=1S/C17H12ClF3N2O4S/c1-26-13-6-8(2-3-10(13)18)16-15(14(7-19)27-23-16)9-4-11(20)17(12(21)5-9)28(22,24)25/h2-6H,7H2,1H3,(H2,22,24,25). The number of nitrogens with zero attached hydrogens (tertiary/aromatic N) is 1. The van der Waals surface area contributed by atoms with Crippen LogP contribution in [0.3, 0.4) is 0 Å². The summed E-state index contributed by atoms with van der Waals surface area (Å²) in [7, 11) is -3.25. The van der Waals surface area contributed by atoms with Gasteiger partial charge in [0, 0.05) is 5.56 Å². The molecule has 1 heterocycles. The summed E-state index contributed by atoms with van der Waals surface area (Å²) in [4.78, 5) is -1.29. The van der Waals surface area contributed by atoms with Gasteiger partial charge in [-0.2, -0.15) is 0 Å². The zero-order valence-corrected chi connectivity index (χ0v) is 15.7. The molecule has 1 aromatic heterocycles. The number of ether oxygens (including phenoxy) is 1. The fourth-order valence-corrected chi connectivity index (χ4v) is 3.55. The number of halogens is 4. The van der Waals surface area contributed by atoms with Crippen LogP contribution in [0.2, 0.25) is 5.02 Å². The van der Waals surface area contributed by atoms with Gasteiger partial charge in [0.15, 0.2) is 17.3 Å². The third-order valence-corrected chi connectivity index (χ3v) is 5.15. The molecule has 0 atom stereocenters. The molecule has 0 saturated carbocycles. The molecule has 28 heavy (non-hydrogen) atoms. The summed E-state index contributed by atoms with van der Waals surface area (Å²) < 4.78 is 74.7. The van der Waals surface area contributed by atoms with E-state index in [1.165, 1.54) is 25.3 Å². The first-order chi connectivity index (χ1) is 13.2. The number of hydrogen-bond donors (Lipinski definition) is 1. The minimum Gasteiger partial charge on any atom is -0.495 e. The molecule has 0 unspecified atom stereocenters. The zero-order valence-electron chi connectivity index (χ0n) is 14.2. The summed E-state index contributed by atoms with van der Waals surface area (Å²) in [5.74, 6) is -2.87. The topological polar surface area (TPSA) is 95.4 Å². The van der Waals surface area contributed by atoms with E-state index < -0.39 is 33.2 Å². The van der Waals surface area contributed by atoms with Crippen molar-refractivity contribution in [3.05, 3.63) is 52.7 Å². The molecule has 2 N–H and O–H groups in total. The van der Waals surface area contributed by atoms with Crippen LogP contribution in [-0.2, 0) is 16.7 Å². The third-order valence-electron chi connectivity index (χ3n) is 3.88. The van der Waals surface area contributed by atoms with Crippen LogP contribution in [-0.4, -0.2) is 20.7 Å². The van der Waals surface area contributed by atoms with Gasteiger partial charge in [-0.1, -0.05) is 22.8 Å². The SMILES string of the molecule is COc1cc(-c2noc(CF)c2-c2cc(F)c(S(N)(=O)=O)c(F)c2)ccc1Cl. The van der Waals surface area contributed by atoms with Crippen molar-refractivity contribution in [3.8, 4) is 28.1 Å². The largest absolute Gasteiger partial charge is 0.495 e. The van der Waals surface area contributed by atoms with Gasteiger partial charge in [-0.3, -0.25) is 0 Å². The molecule has 2 aromatic carbocycles. The Morgan fingerprint density at radius 3 is 2.36 bits per heavy atom. The van der Waals surface area contributed by atoms with Crippen LogP contribution < -0.4 is 9.88 Å². The summed E-state index contributed by atoms with van der Waals surface area (Å²) in [5.41, 5.74) is 0.201. The molecule has 6 nitrogen and oxygen atoms in total. The van der Waals surface area contributed by atoms with Crippen molar-refractivity contribution >= 4 is 21.6 Å². The van der Waals surface area contributed by atoms with Crippen LogP contribution >= 0.6 is 11.6 Å². The number of sulfonamides is 1. The second-order valence-electron chi connectivity index (χ2n) is 5.63. The minimum absolute atomic E-state index is 0.0503. The number of nitrogens with two attached hydrogens (primary N) is 1. The second-order valence-corrected chi connectivity index (χ2v) is 7.53. The Hall–Kier alpha value is -2.56. The molecule has 11 heteroatoms. The summed E-state index contributed by atoms with van der Waals surface area (Å²) in [6.45, 7) is -1.12. The lowest BCUT2D eigenvalue weighted by Crippen LogP contribution is -2.16. The zero-order chi connectivity index (χ0) is 20.6. The van der Waals surface area contributed by atoms with E-state index in [2.05, 4.69) is 5.16 Å². The Balaban J connectivity index is 2.25. The monoisotopic (exact) mass is 432 g/mol. The van der Waals surface area contributed by atoms with Crippen molar-refractivity contribution in [1.29, 1.82) is 0 Å². The molecule has 0 fully saturated rings. The predicted octanol–water partition coefficient (Wildman–Crippen LogP) is 4.07. The lowest BCUT2D eigenvalue weighted by Gasteiger charge is -2.09. The Kier molecular flexibility index (Phi) is 5.37. The molecule has 0 aliphatic heterocycles. The maximum absolute atomic E-state index is 14.3. The van der Waals surface area contributed by atoms with Gasteiger partial charge in [0.1, 0.15) is 23.1 Å². The summed E-state index contributed by atoms with van der Waals surface area (Å²) >= 11 is 5.98. The van der Waals surface area contributed by atoms with Gasteiger partial charge in [0.2, 0.25) is 10.0 Å². The molecule has 0 aliphatic carbocycles. The highest BCUT2D eigenvalue weighted by atomic mass is 35.5. The van der Waals surface area contributed by atoms with Gasteiger partial charge in [-0.15, -0.1) is 0 Å². The maximum Gasteiger partial charge on any atom is 0.243 e. The molecular weight excluding hydrogens is 421 g/mol. The Labute approximate surface area is 162 Å². The van der Waals surface area contributed by atoms with E-state index in [4.69, 9.17) is 26.0 Å². The fourth-order valence-electron chi connectivity index (χ4n) is 2.69. The Bertz CT molecular complexity index is 1140. The van der Waals surface area contributed by atoms with E-state index in [1.54, 1.807) is 0 Å². The first kappa shape index (κ1) is 20.2. The average molecular weight is 433 g/mol. The molecule has 3 aromatic rings. The molecule has 0 saturated heterocycles. The van der Waals surface area contributed by atoms with Gasteiger partial charge < -0.3 is 9.26 Å². The minimum atomic E-state index is -4.64. The van der Waals surface area contributed by atoms with Crippen molar-refractivity contribution in [2.24, 2.45) is 5.14 Å². The number of methoxy groups -OCH3 is 1. The van der Waals surface area contributed by atoms with Crippen LogP contribution in [0.25, 0.3) is 22.4 Å². The number of primary sulfonamides is 1. The van der Waals surface area contributed by atoms with E-state index in [0.29, 0.717) is 22.7 Å². The van der Waals surface area contributed by atoms with Crippen molar-refractivity contribution in [2.75, 3.05) is 7.11 Å². The van der Waals surface area contributed by atoms with Gasteiger partial charge >= 0.3 is 0 Å². The van der Waals surface area contributed by atoms with E-state index in [-0.39, 0.29) is 28.3 Å². The van der Waals surface area contributed by atoms with E-state index in [9.17, 15) is 21.6 Å². The van der Waals surface area contributed by atoms with Gasteiger partial charge in [0.05, 0.1) is 17.7 Å². The molecule has 0 bridgehead atoms. The van der Waals surface area contributed by atoms with Gasteiger partial charge in [-0.25, -0.2) is 26.7 Å². The lowest BCUT2D eigenvalue weighted by molar-refractivity contribution is 0.332. The summed E-state index contributed by atoms with van der Waals surface area (Å²) in [5, 5.41) is 8.90. The van der Waals surface area contributed by atoms with Crippen molar-refractivity contribution in [3.63, 3.8) is 0 Å². The number of rotatable bonds is 5. The normalized spacial score (nSPS) is 11.6. The van der Waals surface area contributed by atoms with Gasteiger partial charge in [-0.05, 0) is 29.8 Å². The smallest absolute Gasteiger partial charge is 0.243 e. The number of hydrogen-bond acceptors (Lipinski definition) is 5. The Morgan fingerprint density at radius 1 is 1.18 bits per heavy atom. The number of alkyl halides is 1. The van der Waals surface area contributed by atoms with Crippen LogP contribution in [0.4, 0.5) is 13.2 Å². The Morgan fingerprint density at radius 2 is 1.82 bits per heavy atom. The summed E-state index contributed by atoms with van der Waals surface area (Å²) in [6, 6.07) is 5.93. The second kappa shape index (κ2) is 7.46. The molecule has 0 radical (unpaired) electrons. The van der Waals surface area contributed by atoms with E-state index >= 15 is 0 Å². The van der Waals surface area contributed by atoms with Crippen molar-refractivity contribution in [2.45, 2.75) is 11.6 Å². The predicted molar refractivity (Wildman–Crippen MR) is 95.0 cm³/mol. The molecule has 3 rings (SSSR count). The molecule has 148 valence electrons. The van der Waals surface area contributed by atoms with Crippen LogP contribution in [0, 0.1) is 11.6 Å². The lowest BCUT2D eigenvalue weighted by atomic mass is 9.99. The highest BCUT2D eigenvalue weighted by Crippen LogP contribution is 2.39. The first-order valence-electron chi connectivity index (χ1n) is 7.58. The van der Waals surface area contributed by atoms with Crippen molar-refractivity contribution < 1.29 is 30.8 Å². The van der Waals surface area contributed by atoms with Gasteiger partial charge in [0.25, 0.3) is 0 Å². The van der Waals surface area contributed by atoms with Crippen molar-refractivity contribution in [1.82, 2.24) is 5.16 Å². The molecule has 0 amide bonds. The number of benzene rings is 2. The van der Waals surface area contributed by atoms with Crippen LogP contribution in [0.15, 0.2) is 39.8 Å². The first-order valence-corrected chi connectivity index (χ1v) is 9.50. The van der Waals surface area contributed by atoms with Crippen LogP contribution in [0.5, 0.6) is 5.75 Å². The molecule has 0 aliphatic rings. The summed E-state index contributed by atoms with van der Waals surface area (Å²) in [6.07, 6.45) is 0. The third kappa shape index (κ3) is 3.58. The molecule has 0 spiro atoms. The van der Waals surface area contributed by atoms with E-state index in [1.807, 2.05) is 0 Å². The van der Waals surface area contributed by atoms with Crippen LogP contribution in [0.1, 0.15) is 5.76 Å². The molecular formula is C17H12ClF3N2O4S. The average Bonchev–Trinajstić information content (AvgIpc) is 3.04. The number of aromatic nitrogens is 1. The van der Waals surface area contributed by atoms with E-state index in [0.717, 1.165) is 0 Å². The highest BCUT2D eigenvalue weighted by Gasteiger charge is 2.26. The quantitative estimate of drug-likeness (QED) is 0.655.